The van der Waals surface area contributed by atoms with Crippen LogP contribution in [0.4, 0.5) is 0 Å². The molecule has 2 aromatic rings. The normalized spacial score (nSPS) is 10.5. The molecule has 0 fully saturated rings. The largest absolute Gasteiger partial charge is 0.507 e. The molecule has 0 bridgehead atoms. The summed E-state index contributed by atoms with van der Waals surface area (Å²) in [7, 11) is 1.45. The summed E-state index contributed by atoms with van der Waals surface area (Å²) in [6.07, 6.45) is 1.33. The van der Waals surface area contributed by atoms with Crippen LogP contribution in [0.1, 0.15) is 52.1 Å². The molecule has 0 saturated heterocycles. The third kappa shape index (κ3) is 4.60. The van der Waals surface area contributed by atoms with E-state index in [2.05, 4.69) is 15.9 Å². The van der Waals surface area contributed by atoms with E-state index in [1.165, 1.54) is 26.2 Å². The fourth-order valence-corrected chi connectivity index (χ4v) is 3.31. The lowest BCUT2D eigenvalue weighted by Crippen LogP contribution is -2.05. The van der Waals surface area contributed by atoms with Crippen molar-refractivity contribution in [3.05, 3.63) is 51.0 Å². The van der Waals surface area contributed by atoms with Crippen LogP contribution in [0, 0.1) is 0 Å². The molecule has 0 heterocycles. The number of phenols is 1. The number of Topliss-reactive ketones (excluding diaryl/α,β-unsaturated/α-hetero) is 1. The van der Waals surface area contributed by atoms with Gasteiger partial charge in [0.15, 0.2) is 5.78 Å². The van der Waals surface area contributed by atoms with E-state index in [9.17, 15) is 19.8 Å². The van der Waals surface area contributed by atoms with Crippen LogP contribution in [0.5, 0.6) is 17.2 Å². The van der Waals surface area contributed by atoms with Gasteiger partial charge in [0.2, 0.25) is 0 Å². The van der Waals surface area contributed by atoms with Crippen molar-refractivity contribution in [2.75, 3.05) is 7.11 Å². The molecular weight excluding hydrogens is 416 g/mol. The number of methoxy groups -OCH3 is 1. The number of carboxylic acid groups (broad SMARTS) is 1. The SMILES string of the molecule is CCCc1c(OCc2cc(Br)c(C(=O)O)cc2OC)ccc(C(C)=O)c1O. The number of ketones is 1. The van der Waals surface area contributed by atoms with E-state index in [-0.39, 0.29) is 29.3 Å². The first kappa shape index (κ1) is 20.8. The smallest absolute Gasteiger partial charge is 0.336 e. The van der Waals surface area contributed by atoms with Crippen molar-refractivity contribution in [1.82, 2.24) is 0 Å². The third-order valence-corrected chi connectivity index (χ3v) is 4.76. The number of rotatable bonds is 8. The molecule has 6 nitrogen and oxygen atoms in total. The Morgan fingerprint density at radius 2 is 1.85 bits per heavy atom. The third-order valence-electron chi connectivity index (χ3n) is 4.10. The molecular formula is C20H21BrO6. The Balaban J connectivity index is 2.36. The summed E-state index contributed by atoms with van der Waals surface area (Å²) in [5, 5.41) is 19.6. The Labute approximate surface area is 165 Å². The predicted molar refractivity (Wildman–Crippen MR) is 104 cm³/mol. The van der Waals surface area contributed by atoms with Crippen molar-refractivity contribution < 1.29 is 29.3 Å². The number of halogens is 1. The van der Waals surface area contributed by atoms with Crippen LogP contribution in [0.25, 0.3) is 0 Å². The van der Waals surface area contributed by atoms with Crippen molar-refractivity contribution >= 4 is 27.7 Å². The minimum atomic E-state index is -1.07. The minimum Gasteiger partial charge on any atom is -0.507 e. The standard InChI is InChI=1S/C20H21BrO6/c1-4-5-14-17(7-6-13(11(2)22)19(14)23)27-10-12-8-16(21)15(20(24)25)9-18(12)26-3/h6-9,23H,4-5,10H2,1-3H3,(H,24,25). The van der Waals surface area contributed by atoms with Crippen LogP contribution in [0.3, 0.4) is 0 Å². The highest BCUT2D eigenvalue weighted by molar-refractivity contribution is 9.10. The molecule has 27 heavy (non-hydrogen) atoms. The van der Waals surface area contributed by atoms with Crippen LogP contribution in [-0.4, -0.2) is 29.1 Å². The summed E-state index contributed by atoms with van der Waals surface area (Å²) in [6.45, 7) is 3.48. The Morgan fingerprint density at radius 3 is 2.41 bits per heavy atom. The van der Waals surface area contributed by atoms with Gasteiger partial charge < -0.3 is 19.7 Å². The molecule has 0 aliphatic rings. The van der Waals surface area contributed by atoms with Gasteiger partial charge in [0.1, 0.15) is 23.9 Å². The quantitative estimate of drug-likeness (QED) is 0.587. The Hall–Kier alpha value is -2.54. The fourth-order valence-electron chi connectivity index (χ4n) is 2.75. The van der Waals surface area contributed by atoms with Crippen molar-refractivity contribution in [1.29, 1.82) is 0 Å². The van der Waals surface area contributed by atoms with Gasteiger partial charge in [-0.2, -0.15) is 0 Å². The molecule has 0 radical (unpaired) electrons. The van der Waals surface area contributed by atoms with E-state index < -0.39 is 5.97 Å². The number of carbonyl (C=O) groups is 2. The van der Waals surface area contributed by atoms with Crippen molar-refractivity contribution in [2.24, 2.45) is 0 Å². The van der Waals surface area contributed by atoms with Crippen LogP contribution in [0.15, 0.2) is 28.7 Å². The molecule has 0 aliphatic carbocycles. The average molecular weight is 437 g/mol. The molecule has 0 saturated carbocycles. The number of benzene rings is 2. The number of hydrogen-bond donors (Lipinski definition) is 2. The maximum absolute atomic E-state index is 11.7. The topological polar surface area (TPSA) is 93.1 Å². The second kappa shape index (κ2) is 8.90. The summed E-state index contributed by atoms with van der Waals surface area (Å²) in [5.41, 5.74) is 1.57. The molecule has 2 rings (SSSR count). The van der Waals surface area contributed by atoms with E-state index in [4.69, 9.17) is 9.47 Å². The van der Waals surface area contributed by atoms with Crippen molar-refractivity contribution in [3.8, 4) is 17.2 Å². The number of aromatic carboxylic acids is 1. The number of carboxylic acids is 1. The number of carbonyl (C=O) groups excluding carboxylic acids is 1. The van der Waals surface area contributed by atoms with E-state index >= 15 is 0 Å². The monoisotopic (exact) mass is 436 g/mol. The molecule has 0 unspecified atom stereocenters. The number of hydrogen-bond acceptors (Lipinski definition) is 5. The summed E-state index contributed by atoms with van der Waals surface area (Å²) in [5.74, 6) is -0.484. The van der Waals surface area contributed by atoms with Gasteiger partial charge in [0.05, 0.1) is 18.2 Å². The van der Waals surface area contributed by atoms with E-state index in [0.29, 0.717) is 33.5 Å². The zero-order valence-corrected chi connectivity index (χ0v) is 16.9. The average Bonchev–Trinajstić information content (AvgIpc) is 2.61. The number of phenolic OH excluding ortho intramolecular Hbond substituents is 1. The van der Waals surface area contributed by atoms with E-state index in [0.717, 1.165) is 6.42 Å². The molecule has 0 atom stereocenters. The molecule has 144 valence electrons. The van der Waals surface area contributed by atoms with Gasteiger partial charge in [-0.3, -0.25) is 4.79 Å². The first-order valence-corrected chi connectivity index (χ1v) is 9.17. The maximum Gasteiger partial charge on any atom is 0.336 e. The van der Waals surface area contributed by atoms with Crippen molar-refractivity contribution in [2.45, 2.75) is 33.3 Å². The molecule has 2 aromatic carbocycles. The second-order valence-corrected chi connectivity index (χ2v) is 6.84. The van der Waals surface area contributed by atoms with Gasteiger partial charge in [-0.15, -0.1) is 0 Å². The number of ether oxygens (including phenoxy) is 2. The summed E-state index contributed by atoms with van der Waals surface area (Å²) >= 11 is 3.24. The summed E-state index contributed by atoms with van der Waals surface area (Å²) < 4.78 is 11.6. The molecule has 0 spiro atoms. The van der Waals surface area contributed by atoms with Gasteiger partial charge in [0.25, 0.3) is 0 Å². The summed E-state index contributed by atoms with van der Waals surface area (Å²) in [6, 6.07) is 6.25. The van der Waals surface area contributed by atoms with Gasteiger partial charge in [0, 0.05) is 15.6 Å². The van der Waals surface area contributed by atoms with Crippen LogP contribution >= 0.6 is 15.9 Å². The second-order valence-electron chi connectivity index (χ2n) is 5.98. The van der Waals surface area contributed by atoms with Crippen molar-refractivity contribution in [3.63, 3.8) is 0 Å². The van der Waals surface area contributed by atoms with Gasteiger partial charge >= 0.3 is 5.97 Å². The van der Waals surface area contributed by atoms with Crippen LogP contribution in [-0.2, 0) is 13.0 Å². The first-order chi connectivity index (χ1) is 12.8. The lowest BCUT2D eigenvalue weighted by atomic mass is 10.0. The van der Waals surface area contributed by atoms with Crippen LogP contribution in [0.2, 0.25) is 0 Å². The lowest BCUT2D eigenvalue weighted by Gasteiger charge is -2.16. The molecule has 7 heteroatoms. The Morgan fingerprint density at radius 1 is 1.15 bits per heavy atom. The highest BCUT2D eigenvalue weighted by atomic mass is 79.9. The maximum atomic E-state index is 11.7. The first-order valence-electron chi connectivity index (χ1n) is 8.38. The predicted octanol–water partition coefficient (Wildman–Crippen LogP) is 4.60. The van der Waals surface area contributed by atoms with Gasteiger partial charge in [-0.1, -0.05) is 13.3 Å². The number of aromatic hydroxyl groups is 1. The molecule has 0 aliphatic heterocycles. The highest BCUT2D eigenvalue weighted by Crippen LogP contribution is 2.34. The molecule has 0 amide bonds. The van der Waals surface area contributed by atoms with Crippen LogP contribution < -0.4 is 9.47 Å². The Kier molecular flexibility index (Phi) is 6.85. The summed E-state index contributed by atoms with van der Waals surface area (Å²) in [4.78, 5) is 22.9. The lowest BCUT2D eigenvalue weighted by molar-refractivity contribution is 0.0695. The Bertz CT molecular complexity index is 875. The van der Waals surface area contributed by atoms with Gasteiger partial charge in [-0.05, 0) is 53.5 Å². The molecule has 2 N–H and O–H groups in total. The highest BCUT2D eigenvalue weighted by Gasteiger charge is 2.18. The fraction of sp³-hybridized carbons (Fsp3) is 0.300. The van der Waals surface area contributed by atoms with E-state index in [1.54, 1.807) is 12.1 Å². The molecule has 0 aromatic heterocycles. The van der Waals surface area contributed by atoms with E-state index in [1.807, 2.05) is 6.92 Å². The minimum absolute atomic E-state index is 0.0591. The zero-order valence-electron chi connectivity index (χ0n) is 15.3. The zero-order chi connectivity index (χ0) is 20.1. The van der Waals surface area contributed by atoms with Gasteiger partial charge in [-0.25, -0.2) is 4.79 Å².